The van der Waals surface area contributed by atoms with Crippen LogP contribution in [0.25, 0.3) is 0 Å². The number of hydrogen-bond acceptors (Lipinski definition) is 4. The lowest BCUT2D eigenvalue weighted by atomic mass is 10.1. The van der Waals surface area contributed by atoms with E-state index in [1.54, 1.807) is 0 Å². The largest absolute Gasteiger partial charge is 0.377 e. The molecule has 15 heavy (non-hydrogen) atoms. The molecule has 0 spiro atoms. The van der Waals surface area contributed by atoms with Crippen molar-refractivity contribution in [1.29, 1.82) is 0 Å². The Morgan fingerprint density at radius 1 is 1.53 bits per heavy atom. The predicted octanol–water partition coefficient (Wildman–Crippen LogP) is 0.162. The fraction of sp³-hybridized carbons (Fsp3) is 1.00. The number of nitrogens with one attached hydrogen (secondary N) is 2. The van der Waals surface area contributed by atoms with Gasteiger partial charge in [0.25, 0.3) is 0 Å². The second-order valence-electron chi connectivity index (χ2n) is 4.72. The summed E-state index contributed by atoms with van der Waals surface area (Å²) in [6.45, 7) is 5.23. The predicted molar refractivity (Wildman–Crippen MR) is 62.5 cm³/mol. The average Bonchev–Trinajstić information content (AvgIpc) is 2.66. The highest BCUT2D eigenvalue weighted by Crippen LogP contribution is 2.12. The van der Waals surface area contributed by atoms with Gasteiger partial charge >= 0.3 is 0 Å². The Kier molecular flexibility index (Phi) is 5.53. The molecule has 1 aliphatic heterocycles. The lowest BCUT2D eigenvalue weighted by Crippen LogP contribution is -2.46. The monoisotopic (exact) mass is 215 g/mol. The molecule has 1 heterocycles. The second kappa shape index (κ2) is 6.43. The Hall–Kier alpha value is -0.160. The van der Waals surface area contributed by atoms with Gasteiger partial charge in [-0.1, -0.05) is 0 Å². The van der Waals surface area contributed by atoms with Gasteiger partial charge in [0.2, 0.25) is 0 Å². The quantitative estimate of drug-likeness (QED) is 0.477. The van der Waals surface area contributed by atoms with E-state index in [4.69, 9.17) is 10.8 Å². The van der Waals surface area contributed by atoms with Crippen LogP contribution in [0.5, 0.6) is 0 Å². The summed E-state index contributed by atoms with van der Waals surface area (Å²) in [5.74, 6) is 0. The Balaban J connectivity index is 2.09. The van der Waals surface area contributed by atoms with Gasteiger partial charge in [-0.25, -0.2) is 0 Å². The number of aliphatic hydroxyl groups is 1. The van der Waals surface area contributed by atoms with Crippen LogP contribution >= 0.6 is 0 Å². The van der Waals surface area contributed by atoms with Crippen LogP contribution in [0.15, 0.2) is 0 Å². The van der Waals surface area contributed by atoms with E-state index < -0.39 is 6.23 Å². The van der Waals surface area contributed by atoms with E-state index in [0.717, 1.165) is 6.42 Å². The summed E-state index contributed by atoms with van der Waals surface area (Å²) in [6.07, 6.45) is 4.19. The molecule has 1 saturated heterocycles. The van der Waals surface area contributed by atoms with E-state index in [1.807, 2.05) is 6.92 Å². The molecule has 1 rings (SSSR count). The van der Waals surface area contributed by atoms with Crippen molar-refractivity contribution in [3.8, 4) is 0 Å². The molecule has 1 aliphatic rings. The molecule has 0 aliphatic carbocycles. The number of nitrogens with two attached hydrogens (primary N) is 1. The maximum atomic E-state index is 9.15. The normalized spacial score (nSPS) is 27.6. The number of aliphatic hydroxyl groups excluding tert-OH is 1. The molecule has 4 atom stereocenters. The summed E-state index contributed by atoms with van der Waals surface area (Å²) in [6, 6.07) is 1.09. The third kappa shape index (κ3) is 4.93. The summed E-state index contributed by atoms with van der Waals surface area (Å²) in [5.41, 5.74) is 5.38. The zero-order valence-corrected chi connectivity index (χ0v) is 9.87. The standard InChI is InChI=1S/C11H25N3O/c1-8(14-9(2)11(12)15)5-6-10-4-3-7-13-10/h8-11,13-15H,3-7,12H2,1-2H3. The van der Waals surface area contributed by atoms with Crippen molar-refractivity contribution in [2.24, 2.45) is 5.73 Å². The summed E-state index contributed by atoms with van der Waals surface area (Å²) < 4.78 is 0. The molecule has 4 heteroatoms. The molecule has 90 valence electrons. The number of hydrogen-bond donors (Lipinski definition) is 4. The molecule has 0 amide bonds. The molecule has 0 radical (unpaired) electrons. The first-order valence-electron chi connectivity index (χ1n) is 6.02. The first-order valence-corrected chi connectivity index (χ1v) is 6.02. The fourth-order valence-corrected chi connectivity index (χ4v) is 2.09. The first-order chi connectivity index (χ1) is 7.09. The first kappa shape index (κ1) is 12.9. The molecular formula is C11H25N3O. The molecule has 5 N–H and O–H groups in total. The highest BCUT2D eigenvalue weighted by molar-refractivity contribution is 4.77. The van der Waals surface area contributed by atoms with Crippen LogP contribution in [0.4, 0.5) is 0 Å². The minimum Gasteiger partial charge on any atom is -0.377 e. The molecule has 0 aromatic heterocycles. The zero-order chi connectivity index (χ0) is 11.3. The smallest absolute Gasteiger partial charge is 0.117 e. The van der Waals surface area contributed by atoms with Gasteiger partial charge in [0.1, 0.15) is 6.23 Å². The van der Waals surface area contributed by atoms with Crippen LogP contribution in [-0.2, 0) is 0 Å². The van der Waals surface area contributed by atoms with Crippen LogP contribution in [0, 0.1) is 0 Å². The summed E-state index contributed by atoms with van der Waals surface area (Å²) in [7, 11) is 0. The Morgan fingerprint density at radius 3 is 2.80 bits per heavy atom. The molecule has 4 unspecified atom stereocenters. The SMILES string of the molecule is CC(CCC1CCCN1)NC(C)C(N)O. The van der Waals surface area contributed by atoms with Crippen LogP contribution in [0.3, 0.4) is 0 Å². The lowest BCUT2D eigenvalue weighted by Gasteiger charge is -2.23. The molecular weight excluding hydrogens is 190 g/mol. The van der Waals surface area contributed by atoms with Crippen molar-refractivity contribution in [2.75, 3.05) is 6.54 Å². The van der Waals surface area contributed by atoms with Gasteiger partial charge in [0.15, 0.2) is 0 Å². The molecule has 0 saturated carbocycles. The zero-order valence-electron chi connectivity index (χ0n) is 9.87. The van der Waals surface area contributed by atoms with Gasteiger partial charge in [0, 0.05) is 18.1 Å². The highest BCUT2D eigenvalue weighted by atomic mass is 16.3. The van der Waals surface area contributed by atoms with Gasteiger partial charge in [-0.15, -0.1) is 0 Å². The van der Waals surface area contributed by atoms with E-state index in [2.05, 4.69) is 17.6 Å². The summed E-state index contributed by atoms with van der Waals surface area (Å²) in [5, 5.41) is 15.9. The van der Waals surface area contributed by atoms with Crippen LogP contribution < -0.4 is 16.4 Å². The second-order valence-corrected chi connectivity index (χ2v) is 4.72. The van der Waals surface area contributed by atoms with Gasteiger partial charge in [-0.05, 0) is 46.1 Å². The summed E-state index contributed by atoms with van der Waals surface area (Å²) in [4.78, 5) is 0. The summed E-state index contributed by atoms with van der Waals surface area (Å²) >= 11 is 0. The molecule has 1 fully saturated rings. The molecule has 0 aromatic carbocycles. The van der Waals surface area contributed by atoms with Gasteiger partial charge < -0.3 is 21.5 Å². The van der Waals surface area contributed by atoms with Crippen molar-refractivity contribution in [3.05, 3.63) is 0 Å². The van der Waals surface area contributed by atoms with Crippen LogP contribution in [0.2, 0.25) is 0 Å². The third-order valence-corrected chi connectivity index (χ3v) is 3.17. The van der Waals surface area contributed by atoms with Crippen molar-refractivity contribution in [2.45, 2.75) is 63.9 Å². The van der Waals surface area contributed by atoms with E-state index in [-0.39, 0.29) is 6.04 Å². The number of rotatable bonds is 6. The third-order valence-electron chi connectivity index (χ3n) is 3.17. The Morgan fingerprint density at radius 2 is 2.27 bits per heavy atom. The highest BCUT2D eigenvalue weighted by Gasteiger charge is 2.16. The minimum absolute atomic E-state index is 0.0310. The van der Waals surface area contributed by atoms with Crippen molar-refractivity contribution >= 4 is 0 Å². The van der Waals surface area contributed by atoms with E-state index in [9.17, 15) is 0 Å². The van der Waals surface area contributed by atoms with E-state index >= 15 is 0 Å². The topological polar surface area (TPSA) is 70.3 Å². The van der Waals surface area contributed by atoms with Crippen molar-refractivity contribution < 1.29 is 5.11 Å². The van der Waals surface area contributed by atoms with Gasteiger partial charge in [0.05, 0.1) is 0 Å². The van der Waals surface area contributed by atoms with Gasteiger partial charge in [-0.3, -0.25) is 0 Å². The molecule has 0 aromatic rings. The minimum atomic E-state index is -0.767. The molecule has 4 nitrogen and oxygen atoms in total. The van der Waals surface area contributed by atoms with Crippen LogP contribution in [0.1, 0.15) is 39.5 Å². The van der Waals surface area contributed by atoms with E-state index in [0.29, 0.717) is 12.1 Å². The molecule has 0 bridgehead atoms. The average molecular weight is 215 g/mol. The lowest BCUT2D eigenvalue weighted by molar-refractivity contribution is 0.134. The Bertz CT molecular complexity index is 169. The van der Waals surface area contributed by atoms with Gasteiger partial charge in [-0.2, -0.15) is 0 Å². The van der Waals surface area contributed by atoms with Crippen molar-refractivity contribution in [3.63, 3.8) is 0 Å². The van der Waals surface area contributed by atoms with Crippen molar-refractivity contribution in [1.82, 2.24) is 10.6 Å². The maximum absolute atomic E-state index is 9.15. The van der Waals surface area contributed by atoms with Crippen LogP contribution in [-0.4, -0.2) is 36.0 Å². The maximum Gasteiger partial charge on any atom is 0.117 e. The van der Waals surface area contributed by atoms with E-state index in [1.165, 1.54) is 25.8 Å². The Labute approximate surface area is 92.6 Å². The fourth-order valence-electron chi connectivity index (χ4n) is 2.09.